The van der Waals surface area contributed by atoms with Gasteiger partial charge < -0.3 is 9.47 Å². The molecule has 1 heterocycles. The van der Waals surface area contributed by atoms with Crippen LogP contribution in [0.4, 0.5) is 0 Å². The number of rotatable bonds is 4. The molecule has 0 aromatic carbocycles. The highest BCUT2D eigenvalue weighted by Crippen LogP contribution is 2.32. The second kappa shape index (κ2) is 5.24. The minimum Gasteiger partial charge on any atom is -0.490 e. The van der Waals surface area contributed by atoms with Crippen molar-refractivity contribution in [3.8, 4) is 0 Å². The van der Waals surface area contributed by atoms with E-state index >= 15 is 0 Å². The number of hydrogen-bond acceptors (Lipinski definition) is 2. The Labute approximate surface area is 98.6 Å². The zero-order valence-corrected chi connectivity index (χ0v) is 10.8. The Bertz CT molecular complexity index is 322. The van der Waals surface area contributed by atoms with Gasteiger partial charge >= 0.3 is 0 Å². The van der Waals surface area contributed by atoms with Crippen LogP contribution in [-0.4, -0.2) is 13.2 Å². The van der Waals surface area contributed by atoms with Crippen LogP contribution in [0.1, 0.15) is 34.1 Å². The molecular weight excluding hydrogens is 200 g/mol. The molecule has 0 spiro atoms. The zero-order chi connectivity index (χ0) is 12.2. The molecule has 2 heteroatoms. The molecule has 16 heavy (non-hydrogen) atoms. The predicted molar refractivity (Wildman–Crippen MR) is 67.0 cm³/mol. The molecule has 0 aromatic rings. The van der Waals surface area contributed by atoms with Gasteiger partial charge in [0.1, 0.15) is 0 Å². The number of allylic oxidation sites excluding steroid dienone is 3. The Kier molecular flexibility index (Phi) is 4.22. The van der Waals surface area contributed by atoms with Crippen molar-refractivity contribution in [1.82, 2.24) is 0 Å². The van der Waals surface area contributed by atoms with E-state index in [1.807, 2.05) is 19.9 Å². The summed E-state index contributed by atoms with van der Waals surface area (Å²) in [6, 6.07) is 0. The maximum atomic E-state index is 5.66. The van der Waals surface area contributed by atoms with Gasteiger partial charge in [0.15, 0.2) is 11.5 Å². The number of hydrogen-bond donors (Lipinski definition) is 0. The Hall–Kier alpha value is -1.18. The van der Waals surface area contributed by atoms with Crippen molar-refractivity contribution in [2.45, 2.75) is 34.1 Å². The Morgan fingerprint density at radius 3 is 2.81 bits per heavy atom. The first-order valence-corrected chi connectivity index (χ1v) is 5.80. The molecule has 0 bridgehead atoms. The van der Waals surface area contributed by atoms with Crippen molar-refractivity contribution >= 4 is 0 Å². The fraction of sp³-hybridized carbons (Fsp3) is 0.571. The van der Waals surface area contributed by atoms with E-state index < -0.39 is 0 Å². The minimum atomic E-state index is 0.179. The van der Waals surface area contributed by atoms with Gasteiger partial charge in [0.2, 0.25) is 0 Å². The average Bonchev–Trinajstić information content (AvgIpc) is 2.15. The summed E-state index contributed by atoms with van der Waals surface area (Å²) in [4.78, 5) is 0. The highest BCUT2D eigenvalue weighted by atomic mass is 16.5. The van der Waals surface area contributed by atoms with Crippen LogP contribution in [0.5, 0.6) is 0 Å². The summed E-state index contributed by atoms with van der Waals surface area (Å²) in [6.07, 6.45) is 5.11. The van der Waals surface area contributed by atoms with E-state index in [4.69, 9.17) is 9.47 Å². The molecule has 0 amide bonds. The van der Waals surface area contributed by atoms with Crippen molar-refractivity contribution in [3.05, 3.63) is 35.8 Å². The predicted octanol–water partition coefficient (Wildman–Crippen LogP) is 3.81. The van der Waals surface area contributed by atoms with E-state index in [9.17, 15) is 0 Å². The molecular formula is C14H22O2. The Morgan fingerprint density at radius 1 is 1.62 bits per heavy atom. The maximum absolute atomic E-state index is 5.66. The molecule has 1 rings (SSSR count). The molecule has 0 unspecified atom stereocenters. The van der Waals surface area contributed by atoms with Crippen molar-refractivity contribution in [3.63, 3.8) is 0 Å². The smallest absolute Gasteiger partial charge is 0.161 e. The van der Waals surface area contributed by atoms with Crippen LogP contribution in [0.25, 0.3) is 0 Å². The van der Waals surface area contributed by atoms with E-state index in [0.717, 1.165) is 30.1 Å². The van der Waals surface area contributed by atoms with Crippen LogP contribution in [0.3, 0.4) is 0 Å². The van der Waals surface area contributed by atoms with E-state index in [-0.39, 0.29) is 5.41 Å². The molecule has 0 saturated heterocycles. The summed E-state index contributed by atoms with van der Waals surface area (Å²) in [7, 11) is 0. The summed E-state index contributed by atoms with van der Waals surface area (Å²) in [5.41, 5.74) is 1.15. The Balaban J connectivity index is 2.94. The molecule has 2 nitrogen and oxygen atoms in total. The molecule has 90 valence electrons. The maximum Gasteiger partial charge on any atom is 0.161 e. The van der Waals surface area contributed by atoms with Crippen LogP contribution >= 0.6 is 0 Å². The summed E-state index contributed by atoms with van der Waals surface area (Å²) in [5.74, 6) is 1.64. The van der Waals surface area contributed by atoms with Crippen LogP contribution < -0.4 is 0 Å². The van der Waals surface area contributed by atoms with Gasteiger partial charge in [-0.25, -0.2) is 0 Å². The van der Waals surface area contributed by atoms with Crippen LogP contribution in [0.2, 0.25) is 0 Å². The summed E-state index contributed by atoms with van der Waals surface area (Å²) < 4.78 is 11.2. The molecule has 0 N–H and O–H groups in total. The second-order valence-electron chi connectivity index (χ2n) is 4.88. The van der Waals surface area contributed by atoms with Gasteiger partial charge in [-0.15, -0.1) is 0 Å². The molecule has 0 saturated carbocycles. The van der Waals surface area contributed by atoms with Gasteiger partial charge in [0.05, 0.1) is 13.2 Å². The van der Waals surface area contributed by atoms with E-state index in [2.05, 4.69) is 26.5 Å². The lowest BCUT2D eigenvalue weighted by Gasteiger charge is -2.28. The fourth-order valence-electron chi connectivity index (χ4n) is 1.60. The average molecular weight is 222 g/mol. The SMILES string of the molecule is C=C(C)/C=C(/OCC)C1=CC(C)(C)CCO1. The largest absolute Gasteiger partial charge is 0.490 e. The lowest BCUT2D eigenvalue weighted by molar-refractivity contribution is 0.118. The highest BCUT2D eigenvalue weighted by molar-refractivity contribution is 5.29. The normalized spacial score (nSPS) is 19.8. The van der Waals surface area contributed by atoms with Gasteiger partial charge in [-0.1, -0.05) is 26.0 Å². The van der Waals surface area contributed by atoms with E-state index in [1.165, 1.54) is 0 Å². The third kappa shape index (κ3) is 3.76. The summed E-state index contributed by atoms with van der Waals surface area (Å²) in [5, 5.41) is 0. The molecule has 0 radical (unpaired) electrons. The summed E-state index contributed by atoms with van der Waals surface area (Å²) >= 11 is 0. The summed E-state index contributed by atoms with van der Waals surface area (Å²) in [6.45, 7) is 13.6. The minimum absolute atomic E-state index is 0.179. The van der Waals surface area contributed by atoms with Crippen molar-refractivity contribution in [2.24, 2.45) is 5.41 Å². The van der Waals surface area contributed by atoms with E-state index in [0.29, 0.717) is 6.61 Å². The first kappa shape index (κ1) is 12.9. The van der Waals surface area contributed by atoms with Gasteiger partial charge in [-0.3, -0.25) is 0 Å². The van der Waals surface area contributed by atoms with Crippen LogP contribution in [0.15, 0.2) is 35.8 Å². The standard InChI is InChI=1S/C14H22O2/c1-6-15-12(9-11(2)3)13-10-14(4,5)7-8-16-13/h9-10H,2,6-8H2,1,3-5H3/b12-9+. The van der Waals surface area contributed by atoms with E-state index in [1.54, 1.807) is 0 Å². The topological polar surface area (TPSA) is 18.5 Å². The lowest BCUT2D eigenvalue weighted by atomic mass is 9.87. The molecule has 0 aromatic heterocycles. The van der Waals surface area contributed by atoms with Crippen LogP contribution in [-0.2, 0) is 9.47 Å². The van der Waals surface area contributed by atoms with Gasteiger partial charge in [-0.05, 0) is 37.8 Å². The molecule has 0 aliphatic carbocycles. The van der Waals surface area contributed by atoms with Crippen molar-refractivity contribution in [2.75, 3.05) is 13.2 Å². The molecule has 1 aliphatic rings. The molecule has 0 atom stereocenters. The zero-order valence-electron chi connectivity index (χ0n) is 10.8. The van der Waals surface area contributed by atoms with Gasteiger partial charge in [0.25, 0.3) is 0 Å². The molecule has 1 aliphatic heterocycles. The molecule has 0 fully saturated rings. The first-order chi connectivity index (χ1) is 7.44. The number of ether oxygens (including phenoxy) is 2. The third-order valence-corrected chi connectivity index (χ3v) is 2.45. The van der Waals surface area contributed by atoms with Gasteiger partial charge in [0, 0.05) is 0 Å². The van der Waals surface area contributed by atoms with Crippen molar-refractivity contribution < 1.29 is 9.47 Å². The quantitative estimate of drug-likeness (QED) is 0.532. The third-order valence-electron chi connectivity index (χ3n) is 2.45. The fourth-order valence-corrected chi connectivity index (χ4v) is 1.60. The monoisotopic (exact) mass is 222 g/mol. The first-order valence-electron chi connectivity index (χ1n) is 5.80. The lowest BCUT2D eigenvalue weighted by Crippen LogP contribution is -2.19. The van der Waals surface area contributed by atoms with Gasteiger partial charge in [-0.2, -0.15) is 0 Å². The van der Waals surface area contributed by atoms with Crippen LogP contribution in [0, 0.1) is 5.41 Å². The van der Waals surface area contributed by atoms with Crippen molar-refractivity contribution in [1.29, 1.82) is 0 Å². The highest BCUT2D eigenvalue weighted by Gasteiger charge is 2.23. The Morgan fingerprint density at radius 2 is 2.31 bits per heavy atom. The second-order valence-corrected chi connectivity index (χ2v) is 4.88.